The molecule has 1 atom stereocenters. The normalized spacial score (nSPS) is 11.6. The van der Waals surface area contributed by atoms with Crippen LogP contribution in [0.25, 0.3) is 10.6 Å². The zero-order valence-electron chi connectivity index (χ0n) is 15.8. The summed E-state index contributed by atoms with van der Waals surface area (Å²) in [6.07, 6.45) is -0.153. The zero-order valence-corrected chi connectivity index (χ0v) is 16.6. The first-order valence-corrected chi connectivity index (χ1v) is 9.53. The standard InChI is InChI=1S/C19H23N3O4S/c1-5-13-7-9-14(10-8-13)17-21-11(3)15(27-17)18(24)26-12(4)16(23)22-19(25)20-6-2/h7-10,12H,5-6H2,1-4H3,(H2,20,22,23,25). The van der Waals surface area contributed by atoms with Crippen LogP contribution >= 0.6 is 11.3 Å². The van der Waals surface area contributed by atoms with Gasteiger partial charge in [0.05, 0.1) is 5.69 Å². The maximum Gasteiger partial charge on any atom is 0.351 e. The molecule has 1 aromatic carbocycles. The number of benzene rings is 1. The number of hydrogen-bond donors (Lipinski definition) is 2. The molecule has 0 saturated heterocycles. The summed E-state index contributed by atoms with van der Waals surface area (Å²) >= 11 is 1.21. The van der Waals surface area contributed by atoms with Crippen molar-refractivity contribution in [1.29, 1.82) is 0 Å². The van der Waals surface area contributed by atoms with Gasteiger partial charge in [0.2, 0.25) is 0 Å². The van der Waals surface area contributed by atoms with Crippen molar-refractivity contribution in [3.05, 3.63) is 40.4 Å². The summed E-state index contributed by atoms with van der Waals surface area (Å²) in [5, 5.41) is 5.26. The molecule has 27 heavy (non-hydrogen) atoms. The third-order valence-electron chi connectivity index (χ3n) is 3.82. The Morgan fingerprint density at radius 3 is 2.44 bits per heavy atom. The summed E-state index contributed by atoms with van der Waals surface area (Å²) in [6, 6.07) is 7.36. The zero-order chi connectivity index (χ0) is 20.0. The number of imide groups is 1. The van der Waals surface area contributed by atoms with Crippen LogP contribution in [0.3, 0.4) is 0 Å². The van der Waals surface area contributed by atoms with Crippen molar-refractivity contribution < 1.29 is 19.1 Å². The summed E-state index contributed by atoms with van der Waals surface area (Å²) in [6.45, 7) is 7.33. The molecule has 0 radical (unpaired) electrons. The summed E-state index contributed by atoms with van der Waals surface area (Å²) < 4.78 is 5.18. The molecule has 3 amide bonds. The Kier molecular flexibility index (Phi) is 7.06. The number of thiazole rings is 1. The fourth-order valence-electron chi connectivity index (χ4n) is 2.28. The van der Waals surface area contributed by atoms with E-state index in [1.54, 1.807) is 13.8 Å². The Bertz CT molecular complexity index is 830. The third-order valence-corrected chi connectivity index (χ3v) is 5.00. The molecule has 1 unspecified atom stereocenters. The number of ether oxygens (including phenoxy) is 1. The van der Waals surface area contributed by atoms with E-state index in [-0.39, 0.29) is 0 Å². The van der Waals surface area contributed by atoms with E-state index in [0.717, 1.165) is 12.0 Å². The van der Waals surface area contributed by atoms with Gasteiger partial charge in [0.25, 0.3) is 5.91 Å². The molecular formula is C19H23N3O4S. The van der Waals surface area contributed by atoms with Crippen LogP contribution in [0.4, 0.5) is 4.79 Å². The van der Waals surface area contributed by atoms with E-state index in [1.165, 1.54) is 23.8 Å². The molecule has 2 aromatic rings. The van der Waals surface area contributed by atoms with Gasteiger partial charge in [-0.2, -0.15) is 0 Å². The van der Waals surface area contributed by atoms with E-state index in [0.29, 0.717) is 22.1 Å². The highest BCUT2D eigenvalue weighted by molar-refractivity contribution is 7.17. The van der Waals surface area contributed by atoms with Crippen LogP contribution in [0.2, 0.25) is 0 Å². The summed E-state index contributed by atoms with van der Waals surface area (Å²) in [4.78, 5) is 40.5. The minimum Gasteiger partial charge on any atom is -0.448 e. The topological polar surface area (TPSA) is 97.4 Å². The van der Waals surface area contributed by atoms with Gasteiger partial charge in [-0.15, -0.1) is 11.3 Å². The number of urea groups is 1. The Hall–Kier alpha value is -2.74. The highest BCUT2D eigenvalue weighted by Crippen LogP contribution is 2.29. The van der Waals surface area contributed by atoms with Crippen molar-refractivity contribution in [1.82, 2.24) is 15.6 Å². The van der Waals surface area contributed by atoms with Crippen LogP contribution in [-0.4, -0.2) is 35.5 Å². The lowest BCUT2D eigenvalue weighted by Crippen LogP contribution is -2.44. The predicted molar refractivity (Wildman–Crippen MR) is 104 cm³/mol. The van der Waals surface area contributed by atoms with Gasteiger partial charge in [0.1, 0.15) is 9.88 Å². The van der Waals surface area contributed by atoms with Gasteiger partial charge in [0.15, 0.2) is 6.10 Å². The van der Waals surface area contributed by atoms with Crippen LogP contribution < -0.4 is 10.6 Å². The average molecular weight is 389 g/mol. The summed E-state index contributed by atoms with van der Waals surface area (Å²) in [5.74, 6) is -1.33. The van der Waals surface area contributed by atoms with E-state index in [2.05, 4.69) is 22.5 Å². The summed E-state index contributed by atoms with van der Waals surface area (Å²) in [7, 11) is 0. The monoisotopic (exact) mass is 389 g/mol. The second-order valence-electron chi connectivity index (χ2n) is 5.88. The Balaban J connectivity index is 2.07. The van der Waals surface area contributed by atoms with E-state index < -0.39 is 24.0 Å². The molecule has 0 bridgehead atoms. The number of aryl methyl sites for hydroxylation is 2. The van der Waals surface area contributed by atoms with Crippen molar-refractivity contribution >= 4 is 29.2 Å². The first-order valence-electron chi connectivity index (χ1n) is 8.72. The van der Waals surface area contributed by atoms with Gasteiger partial charge in [-0.25, -0.2) is 14.6 Å². The average Bonchev–Trinajstić information content (AvgIpc) is 3.03. The van der Waals surface area contributed by atoms with Gasteiger partial charge in [-0.05, 0) is 32.8 Å². The maximum absolute atomic E-state index is 12.4. The van der Waals surface area contributed by atoms with E-state index in [1.807, 2.05) is 24.3 Å². The molecule has 2 N–H and O–H groups in total. The Labute approximate surface area is 162 Å². The Morgan fingerprint density at radius 1 is 1.19 bits per heavy atom. The highest BCUT2D eigenvalue weighted by atomic mass is 32.1. The molecule has 0 fully saturated rings. The van der Waals surface area contributed by atoms with Crippen molar-refractivity contribution in [2.24, 2.45) is 0 Å². The second kappa shape index (κ2) is 9.27. The largest absolute Gasteiger partial charge is 0.448 e. The van der Waals surface area contributed by atoms with Crippen molar-refractivity contribution in [3.63, 3.8) is 0 Å². The molecule has 0 aliphatic rings. The number of aromatic nitrogens is 1. The molecule has 144 valence electrons. The van der Waals surface area contributed by atoms with Crippen molar-refractivity contribution in [2.45, 2.75) is 40.2 Å². The van der Waals surface area contributed by atoms with E-state index in [4.69, 9.17) is 4.74 Å². The number of nitrogens with one attached hydrogen (secondary N) is 2. The number of rotatable bonds is 6. The maximum atomic E-state index is 12.4. The minimum atomic E-state index is -1.10. The fraction of sp³-hybridized carbons (Fsp3) is 0.368. The van der Waals surface area contributed by atoms with Crippen LogP contribution in [0.15, 0.2) is 24.3 Å². The van der Waals surface area contributed by atoms with Gasteiger partial charge in [-0.3, -0.25) is 10.1 Å². The molecule has 2 rings (SSSR count). The van der Waals surface area contributed by atoms with Gasteiger partial charge in [-0.1, -0.05) is 31.2 Å². The highest BCUT2D eigenvalue weighted by Gasteiger charge is 2.24. The number of amides is 3. The third kappa shape index (κ3) is 5.37. The first-order chi connectivity index (χ1) is 12.8. The lowest BCUT2D eigenvalue weighted by atomic mass is 10.1. The number of esters is 1. The summed E-state index contributed by atoms with van der Waals surface area (Å²) in [5.41, 5.74) is 2.68. The van der Waals surface area contributed by atoms with Crippen LogP contribution in [0.1, 0.15) is 41.7 Å². The molecule has 0 saturated carbocycles. The van der Waals surface area contributed by atoms with Crippen LogP contribution in [-0.2, 0) is 16.0 Å². The number of carbonyl (C=O) groups is 3. The number of carbonyl (C=O) groups excluding carboxylic acids is 3. The molecule has 1 aromatic heterocycles. The van der Waals surface area contributed by atoms with Crippen molar-refractivity contribution in [3.8, 4) is 10.6 Å². The van der Waals surface area contributed by atoms with Gasteiger partial charge < -0.3 is 10.1 Å². The molecule has 0 spiro atoms. The first kappa shape index (κ1) is 20.6. The smallest absolute Gasteiger partial charge is 0.351 e. The van der Waals surface area contributed by atoms with E-state index in [9.17, 15) is 14.4 Å². The van der Waals surface area contributed by atoms with Gasteiger partial charge in [0, 0.05) is 12.1 Å². The molecular weight excluding hydrogens is 366 g/mol. The molecule has 0 aliphatic heterocycles. The minimum absolute atomic E-state index is 0.335. The SMILES string of the molecule is CCNC(=O)NC(=O)C(C)OC(=O)c1sc(-c2ccc(CC)cc2)nc1C. The number of hydrogen-bond acceptors (Lipinski definition) is 6. The van der Waals surface area contributed by atoms with E-state index >= 15 is 0 Å². The quantitative estimate of drug-likeness (QED) is 0.740. The molecule has 7 nitrogen and oxygen atoms in total. The fourth-order valence-corrected chi connectivity index (χ4v) is 3.23. The predicted octanol–water partition coefficient (Wildman–Crippen LogP) is 3.07. The number of nitrogens with zero attached hydrogens (tertiary/aromatic N) is 1. The second-order valence-corrected chi connectivity index (χ2v) is 6.88. The lowest BCUT2D eigenvalue weighted by molar-refractivity contribution is -0.127. The Morgan fingerprint density at radius 2 is 1.85 bits per heavy atom. The molecule has 8 heteroatoms. The molecule has 1 heterocycles. The van der Waals surface area contributed by atoms with Crippen LogP contribution in [0, 0.1) is 6.92 Å². The van der Waals surface area contributed by atoms with Crippen LogP contribution in [0.5, 0.6) is 0 Å². The van der Waals surface area contributed by atoms with Crippen molar-refractivity contribution in [2.75, 3.05) is 6.54 Å². The van der Waals surface area contributed by atoms with Gasteiger partial charge >= 0.3 is 12.0 Å². The lowest BCUT2D eigenvalue weighted by Gasteiger charge is -2.12. The molecule has 0 aliphatic carbocycles.